The Hall–Kier alpha value is -3.02. The fraction of sp³-hybridized carbons (Fsp3) is 0.364. The third-order valence-corrected chi connectivity index (χ3v) is 4.99. The van der Waals surface area contributed by atoms with Crippen molar-refractivity contribution >= 4 is 11.9 Å². The van der Waals surface area contributed by atoms with Crippen LogP contribution in [0.2, 0.25) is 0 Å². The van der Waals surface area contributed by atoms with E-state index in [2.05, 4.69) is 10.6 Å². The molecule has 1 saturated heterocycles. The molecular formula is C22H27N3O3. The second-order valence-electron chi connectivity index (χ2n) is 7.11. The summed E-state index contributed by atoms with van der Waals surface area (Å²) in [5, 5.41) is 5.89. The van der Waals surface area contributed by atoms with Gasteiger partial charge in [0, 0.05) is 31.2 Å². The van der Waals surface area contributed by atoms with Crippen molar-refractivity contribution in [2.24, 2.45) is 0 Å². The van der Waals surface area contributed by atoms with Crippen LogP contribution >= 0.6 is 0 Å². The van der Waals surface area contributed by atoms with Crippen LogP contribution in [-0.2, 0) is 6.54 Å². The first-order valence-electron chi connectivity index (χ1n) is 9.58. The van der Waals surface area contributed by atoms with Crippen molar-refractivity contribution in [2.45, 2.75) is 32.4 Å². The minimum absolute atomic E-state index is 0.0612. The predicted octanol–water partition coefficient (Wildman–Crippen LogP) is 3.11. The van der Waals surface area contributed by atoms with Gasteiger partial charge >= 0.3 is 6.03 Å². The number of aryl methyl sites for hydroxylation is 1. The zero-order chi connectivity index (χ0) is 19.9. The van der Waals surface area contributed by atoms with Gasteiger partial charge in [-0.25, -0.2) is 4.79 Å². The van der Waals surface area contributed by atoms with E-state index < -0.39 is 0 Å². The average Bonchev–Trinajstić information content (AvgIpc) is 2.72. The number of hydrogen-bond acceptors (Lipinski definition) is 3. The Morgan fingerprint density at radius 1 is 1.11 bits per heavy atom. The van der Waals surface area contributed by atoms with Crippen molar-refractivity contribution < 1.29 is 14.3 Å². The summed E-state index contributed by atoms with van der Waals surface area (Å²) in [6.07, 6.45) is 1.51. The van der Waals surface area contributed by atoms with E-state index in [9.17, 15) is 9.59 Å². The van der Waals surface area contributed by atoms with E-state index >= 15 is 0 Å². The maximum Gasteiger partial charge on any atom is 0.315 e. The quantitative estimate of drug-likeness (QED) is 0.836. The number of methoxy groups -OCH3 is 1. The molecule has 1 aliphatic rings. The van der Waals surface area contributed by atoms with Crippen molar-refractivity contribution in [1.29, 1.82) is 0 Å². The summed E-state index contributed by atoms with van der Waals surface area (Å²) in [4.78, 5) is 26.6. The molecule has 1 fully saturated rings. The number of carbonyl (C=O) groups excluding carboxylic acids is 2. The SMILES string of the molecule is COc1ccc(CNC(=O)NC2CCN(C(=O)c3cccc(C)c3)CC2)cc1. The largest absolute Gasteiger partial charge is 0.497 e. The van der Waals surface area contributed by atoms with Crippen LogP contribution < -0.4 is 15.4 Å². The molecule has 2 N–H and O–H groups in total. The van der Waals surface area contributed by atoms with Crippen LogP contribution in [0.1, 0.15) is 34.3 Å². The predicted molar refractivity (Wildman–Crippen MR) is 108 cm³/mol. The summed E-state index contributed by atoms with van der Waals surface area (Å²) >= 11 is 0. The highest BCUT2D eigenvalue weighted by atomic mass is 16.5. The molecular weight excluding hydrogens is 354 g/mol. The van der Waals surface area contributed by atoms with Gasteiger partial charge in [-0.2, -0.15) is 0 Å². The molecule has 28 heavy (non-hydrogen) atoms. The normalized spacial score (nSPS) is 14.4. The van der Waals surface area contributed by atoms with Gasteiger partial charge in [-0.1, -0.05) is 29.8 Å². The Labute approximate surface area is 165 Å². The zero-order valence-electron chi connectivity index (χ0n) is 16.4. The average molecular weight is 381 g/mol. The smallest absolute Gasteiger partial charge is 0.315 e. The molecule has 0 bridgehead atoms. The van der Waals surface area contributed by atoms with Crippen LogP contribution in [0.15, 0.2) is 48.5 Å². The first-order valence-corrected chi connectivity index (χ1v) is 9.58. The van der Waals surface area contributed by atoms with Crippen LogP contribution in [0, 0.1) is 6.92 Å². The van der Waals surface area contributed by atoms with Crippen molar-refractivity contribution in [2.75, 3.05) is 20.2 Å². The third kappa shape index (κ3) is 5.25. The summed E-state index contributed by atoms with van der Waals surface area (Å²) in [5.74, 6) is 0.853. The fourth-order valence-electron chi connectivity index (χ4n) is 3.35. The molecule has 1 heterocycles. The molecule has 2 aromatic rings. The highest BCUT2D eigenvalue weighted by molar-refractivity contribution is 5.94. The van der Waals surface area contributed by atoms with E-state index in [1.807, 2.05) is 60.4 Å². The fourth-order valence-corrected chi connectivity index (χ4v) is 3.35. The maximum atomic E-state index is 12.6. The number of carbonyl (C=O) groups is 2. The zero-order valence-corrected chi connectivity index (χ0v) is 16.4. The summed E-state index contributed by atoms with van der Waals surface area (Å²) < 4.78 is 5.13. The van der Waals surface area contributed by atoms with Crippen molar-refractivity contribution in [3.63, 3.8) is 0 Å². The molecule has 6 heteroatoms. The lowest BCUT2D eigenvalue weighted by Gasteiger charge is -2.32. The molecule has 0 aromatic heterocycles. The number of benzene rings is 2. The van der Waals surface area contributed by atoms with Gasteiger partial charge < -0.3 is 20.3 Å². The van der Waals surface area contributed by atoms with Crippen molar-refractivity contribution in [1.82, 2.24) is 15.5 Å². The van der Waals surface area contributed by atoms with Gasteiger partial charge in [0.2, 0.25) is 0 Å². The Morgan fingerprint density at radius 2 is 1.82 bits per heavy atom. The second-order valence-corrected chi connectivity index (χ2v) is 7.11. The molecule has 2 aromatic carbocycles. The highest BCUT2D eigenvalue weighted by Gasteiger charge is 2.24. The van der Waals surface area contributed by atoms with E-state index in [-0.39, 0.29) is 18.0 Å². The van der Waals surface area contributed by atoms with Crippen LogP contribution in [0.5, 0.6) is 5.75 Å². The lowest BCUT2D eigenvalue weighted by Crippen LogP contribution is -2.49. The number of ether oxygens (including phenoxy) is 1. The van der Waals surface area contributed by atoms with Crippen LogP contribution in [0.25, 0.3) is 0 Å². The number of nitrogens with one attached hydrogen (secondary N) is 2. The van der Waals surface area contributed by atoms with E-state index in [0.29, 0.717) is 19.6 Å². The lowest BCUT2D eigenvalue weighted by molar-refractivity contribution is 0.0708. The molecule has 0 atom stereocenters. The Balaban J connectivity index is 1.42. The van der Waals surface area contributed by atoms with Gasteiger partial charge in [0.1, 0.15) is 5.75 Å². The number of hydrogen-bond donors (Lipinski definition) is 2. The third-order valence-electron chi connectivity index (χ3n) is 4.99. The molecule has 0 aliphatic carbocycles. The summed E-state index contributed by atoms with van der Waals surface area (Å²) in [6, 6.07) is 15.2. The van der Waals surface area contributed by atoms with E-state index in [0.717, 1.165) is 35.3 Å². The van der Waals surface area contributed by atoms with E-state index in [1.165, 1.54) is 0 Å². The van der Waals surface area contributed by atoms with Crippen molar-refractivity contribution in [3.05, 3.63) is 65.2 Å². The van der Waals surface area contributed by atoms with E-state index in [4.69, 9.17) is 4.74 Å². The second kappa shape index (κ2) is 9.26. The number of likely N-dealkylation sites (tertiary alicyclic amines) is 1. The number of amides is 3. The Bertz CT molecular complexity index is 812. The molecule has 0 radical (unpaired) electrons. The first-order chi connectivity index (χ1) is 13.5. The van der Waals surface area contributed by atoms with Crippen LogP contribution in [-0.4, -0.2) is 43.1 Å². The number of nitrogens with zero attached hydrogens (tertiary/aromatic N) is 1. The molecule has 1 aliphatic heterocycles. The minimum atomic E-state index is -0.181. The lowest BCUT2D eigenvalue weighted by atomic mass is 10.0. The maximum absolute atomic E-state index is 12.6. The van der Waals surface area contributed by atoms with Gasteiger partial charge in [0.15, 0.2) is 0 Å². The van der Waals surface area contributed by atoms with Crippen LogP contribution in [0.3, 0.4) is 0 Å². The summed E-state index contributed by atoms with van der Waals surface area (Å²) in [5.41, 5.74) is 2.81. The minimum Gasteiger partial charge on any atom is -0.497 e. The van der Waals surface area contributed by atoms with Crippen molar-refractivity contribution in [3.8, 4) is 5.75 Å². The van der Waals surface area contributed by atoms with Gasteiger partial charge in [0.05, 0.1) is 7.11 Å². The first kappa shape index (κ1) is 19.7. The Morgan fingerprint density at radius 3 is 2.46 bits per heavy atom. The molecule has 6 nitrogen and oxygen atoms in total. The summed E-state index contributed by atoms with van der Waals surface area (Å²) in [6.45, 7) is 3.74. The number of rotatable bonds is 5. The molecule has 0 saturated carbocycles. The molecule has 0 spiro atoms. The molecule has 3 rings (SSSR count). The highest BCUT2D eigenvalue weighted by Crippen LogP contribution is 2.15. The van der Waals surface area contributed by atoms with Gasteiger partial charge in [-0.05, 0) is 49.6 Å². The standard InChI is InChI=1S/C22H27N3O3/c1-16-4-3-5-18(14-16)21(26)25-12-10-19(11-13-25)24-22(27)23-15-17-6-8-20(28-2)9-7-17/h3-9,14,19H,10-13,15H2,1-2H3,(H2,23,24,27). The monoisotopic (exact) mass is 381 g/mol. The molecule has 148 valence electrons. The molecule has 0 unspecified atom stereocenters. The molecule has 3 amide bonds. The number of piperidine rings is 1. The van der Waals surface area contributed by atoms with Gasteiger partial charge in [-0.3, -0.25) is 4.79 Å². The summed E-state index contributed by atoms with van der Waals surface area (Å²) in [7, 11) is 1.63. The van der Waals surface area contributed by atoms with Gasteiger partial charge in [-0.15, -0.1) is 0 Å². The van der Waals surface area contributed by atoms with Crippen LogP contribution in [0.4, 0.5) is 4.79 Å². The number of urea groups is 1. The Kier molecular flexibility index (Phi) is 6.53. The topological polar surface area (TPSA) is 70.7 Å². The van der Waals surface area contributed by atoms with Gasteiger partial charge in [0.25, 0.3) is 5.91 Å². The van der Waals surface area contributed by atoms with E-state index in [1.54, 1.807) is 7.11 Å².